The fourth-order valence-corrected chi connectivity index (χ4v) is 2.73. The first-order valence-corrected chi connectivity index (χ1v) is 7.70. The van der Waals surface area contributed by atoms with Gasteiger partial charge in [-0.05, 0) is 5.56 Å². The van der Waals surface area contributed by atoms with Crippen LogP contribution in [0.25, 0.3) is 0 Å². The minimum Gasteiger partial charge on any atom is -0.277 e. The molecule has 1 aliphatic rings. The molecular formula is C15H16N2O3S. The third kappa shape index (κ3) is 3.52. The maximum Gasteiger partial charge on any atom is 0.330 e. The molecule has 1 unspecified atom stereocenters. The standard InChI is InChI=1S/C15H16N2O3S/c1-2-9-21-10-8-17-14(19)12(13(18)16-15(17)20)11-6-4-3-5-7-11/h2-7,12H,1,8-10H2,(H,16,18,20). The van der Waals surface area contributed by atoms with Crippen molar-refractivity contribution in [2.45, 2.75) is 5.92 Å². The summed E-state index contributed by atoms with van der Waals surface area (Å²) in [5.74, 6) is -0.611. The lowest BCUT2D eigenvalue weighted by molar-refractivity contribution is -0.138. The predicted molar refractivity (Wildman–Crippen MR) is 82.0 cm³/mol. The normalized spacial score (nSPS) is 18.6. The maximum atomic E-state index is 12.4. The zero-order valence-corrected chi connectivity index (χ0v) is 12.3. The van der Waals surface area contributed by atoms with Crippen LogP contribution >= 0.6 is 11.8 Å². The van der Waals surface area contributed by atoms with Crippen molar-refractivity contribution in [3.8, 4) is 0 Å². The van der Waals surface area contributed by atoms with Crippen molar-refractivity contribution in [3.63, 3.8) is 0 Å². The van der Waals surface area contributed by atoms with Gasteiger partial charge >= 0.3 is 6.03 Å². The summed E-state index contributed by atoms with van der Waals surface area (Å²) in [7, 11) is 0. The lowest BCUT2D eigenvalue weighted by Crippen LogP contribution is -2.57. The highest BCUT2D eigenvalue weighted by Gasteiger charge is 2.40. The second kappa shape index (κ2) is 7.08. The smallest absolute Gasteiger partial charge is 0.277 e. The molecule has 1 atom stereocenters. The van der Waals surface area contributed by atoms with E-state index in [0.29, 0.717) is 11.3 Å². The van der Waals surface area contributed by atoms with Crippen molar-refractivity contribution in [1.82, 2.24) is 10.2 Å². The van der Waals surface area contributed by atoms with Gasteiger partial charge in [-0.25, -0.2) is 4.79 Å². The minimum atomic E-state index is -0.951. The Hall–Kier alpha value is -2.08. The van der Waals surface area contributed by atoms with Gasteiger partial charge in [0, 0.05) is 18.1 Å². The third-order valence-electron chi connectivity index (χ3n) is 3.08. The summed E-state index contributed by atoms with van der Waals surface area (Å²) in [6, 6.07) is 8.11. The molecule has 2 rings (SSSR count). The molecule has 0 aromatic heterocycles. The Kier molecular flexibility index (Phi) is 5.16. The molecule has 0 bridgehead atoms. The number of hydrogen-bond acceptors (Lipinski definition) is 4. The Bertz CT molecular complexity index is 559. The molecule has 1 aliphatic heterocycles. The summed E-state index contributed by atoms with van der Waals surface area (Å²) in [5.41, 5.74) is 0.594. The van der Waals surface area contributed by atoms with Crippen molar-refractivity contribution in [1.29, 1.82) is 0 Å². The summed E-state index contributed by atoms with van der Waals surface area (Å²) >= 11 is 1.57. The molecule has 1 N–H and O–H groups in total. The van der Waals surface area contributed by atoms with Crippen LogP contribution in [-0.4, -0.2) is 40.8 Å². The highest BCUT2D eigenvalue weighted by Crippen LogP contribution is 2.22. The molecule has 4 amide bonds. The average molecular weight is 304 g/mol. The van der Waals surface area contributed by atoms with Crippen LogP contribution in [0.2, 0.25) is 0 Å². The van der Waals surface area contributed by atoms with Gasteiger partial charge in [0.05, 0.1) is 0 Å². The van der Waals surface area contributed by atoms with Crippen molar-refractivity contribution < 1.29 is 14.4 Å². The molecule has 0 saturated carbocycles. The van der Waals surface area contributed by atoms with Crippen molar-refractivity contribution in [3.05, 3.63) is 48.6 Å². The summed E-state index contributed by atoms with van der Waals surface area (Å²) in [4.78, 5) is 37.3. The maximum absolute atomic E-state index is 12.4. The molecule has 0 radical (unpaired) electrons. The van der Waals surface area contributed by atoms with E-state index in [-0.39, 0.29) is 6.54 Å². The number of nitrogens with zero attached hydrogens (tertiary/aromatic N) is 1. The average Bonchev–Trinajstić information content (AvgIpc) is 2.47. The Morgan fingerprint density at radius 2 is 1.95 bits per heavy atom. The minimum absolute atomic E-state index is 0.278. The molecule has 1 heterocycles. The van der Waals surface area contributed by atoms with Gasteiger partial charge in [0.2, 0.25) is 11.8 Å². The molecule has 1 aromatic rings. The highest BCUT2D eigenvalue weighted by atomic mass is 32.2. The van der Waals surface area contributed by atoms with Crippen LogP contribution in [0.3, 0.4) is 0 Å². The Morgan fingerprint density at radius 1 is 1.24 bits per heavy atom. The van der Waals surface area contributed by atoms with Crippen LogP contribution in [-0.2, 0) is 9.59 Å². The van der Waals surface area contributed by atoms with Crippen LogP contribution in [0, 0.1) is 0 Å². The lowest BCUT2D eigenvalue weighted by Gasteiger charge is -2.30. The Morgan fingerprint density at radius 3 is 2.62 bits per heavy atom. The van der Waals surface area contributed by atoms with Crippen molar-refractivity contribution in [2.24, 2.45) is 0 Å². The van der Waals surface area contributed by atoms with Gasteiger partial charge in [0.15, 0.2) is 0 Å². The molecule has 1 fully saturated rings. The quantitative estimate of drug-likeness (QED) is 0.494. The Labute approximate surface area is 127 Å². The number of imide groups is 2. The van der Waals surface area contributed by atoms with E-state index in [1.165, 1.54) is 0 Å². The van der Waals surface area contributed by atoms with Gasteiger partial charge in [0.25, 0.3) is 0 Å². The predicted octanol–water partition coefficient (Wildman–Crippen LogP) is 1.77. The fourth-order valence-electron chi connectivity index (χ4n) is 2.09. The first kappa shape index (κ1) is 15.3. The molecule has 6 heteroatoms. The molecule has 21 heavy (non-hydrogen) atoms. The number of rotatable bonds is 6. The van der Waals surface area contributed by atoms with E-state index in [9.17, 15) is 14.4 Å². The van der Waals surface area contributed by atoms with Gasteiger partial charge in [-0.2, -0.15) is 11.8 Å². The summed E-state index contributed by atoms with van der Waals surface area (Å²) in [6.07, 6.45) is 1.76. The number of benzene rings is 1. The van der Waals surface area contributed by atoms with Gasteiger partial charge in [0.1, 0.15) is 5.92 Å². The monoisotopic (exact) mass is 304 g/mol. The first-order chi connectivity index (χ1) is 10.1. The SMILES string of the molecule is C=CCSCCN1C(=O)NC(=O)C(c2ccccc2)C1=O. The molecule has 110 valence electrons. The summed E-state index contributed by atoms with van der Waals surface area (Å²) in [6.45, 7) is 3.89. The van der Waals surface area contributed by atoms with Gasteiger partial charge in [-0.15, -0.1) is 6.58 Å². The van der Waals surface area contributed by atoms with Crippen LogP contribution in [0.1, 0.15) is 11.5 Å². The van der Waals surface area contributed by atoms with Crippen LogP contribution in [0.5, 0.6) is 0 Å². The van der Waals surface area contributed by atoms with E-state index < -0.39 is 23.8 Å². The second-order valence-electron chi connectivity index (χ2n) is 4.49. The van der Waals surface area contributed by atoms with E-state index in [1.807, 2.05) is 6.07 Å². The van der Waals surface area contributed by atoms with Crippen LogP contribution < -0.4 is 5.32 Å². The van der Waals surface area contributed by atoms with E-state index in [2.05, 4.69) is 11.9 Å². The molecule has 1 aromatic carbocycles. The molecule has 0 aliphatic carbocycles. The number of nitrogens with one attached hydrogen (secondary N) is 1. The van der Waals surface area contributed by atoms with Crippen molar-refractivity contribution >= 4 is 29.6 Å². The number of hydrogen-bond donors (Lipinski definition) is 1. The van der Waals surface area contributed by atoms with E-state index in [4.69, 9.17) is 0 Å². The van der Waals surface area contributed by atoms with E-state index >= 15 is 0 Å². The van der Waals surface area contributed by atoms with Gasteiger partial charge in [-0.3, -0.25) is 19.8 Å². The molecular weight excluding hydrogens is 288 g/mol. The molecule has 1 saturated heterocycles. The van der Waals surface area contributed by atoms with Gasteiger partial charge < -0.3 is 0 Å². The topological polar surface area (TPSA) is 66.5 Å². The lowest BCUT2D eigenvalue weighted by atomic mass is 9.95. The fraction of sp³-hybridized carbons (Fsp3) is 0.267. The third-order valence-corrected chi connectivity index (χ3v) is 4.02. The summed E-state index contributed by atoms with van der Waals surface area (Å²) in [5, 5.41) is 2.25. The number of amides is 4. The largest absolute Gasteiger partial charge is 0.330 e. The van der Waals surface area contributed by atoms with Crippen molar-refractivity contribution in [2.75, 3.05) is 18.1 Å². The van der Waals surface area contributed by atoms with Crippen LogP contribution in [0.15, 0.2) is 43.0 Å². The summed E-state index contributed by atoms with van der Waals surface area (Å²) < 4.78 is 0. The molecule has 5 nitrogen and oxygen atoms in total. The van der Waals surface area contributed by atoms with Crippen LogP contribution in [0.4, 0.5) is 4.79 Å². The number of barbiturate groups is 1. The molecule has 0 spiro atoms. The zero-order chi connectivity index (χ0) is 15.2. The number of carbonyl (C=O) groups excluding carboxylic acids is 3. The number of urea groups is 1. The highest BCUT2D eigenvalue weighted by molar-refractivity contribution is 7.99. The van der Waals surface area contributed by atoms with E-state index in [0.717, 1.165) is 10.7 Å². The number of thioether (sulfide) groups is 1. The first-order valence-electron chi connectivity index (χ1n) is 6.55. The van der Waals surface area contributed by atoms with Gasteiger partial charge in [-0.1, -0.05) is 36.4 Å². The Balaban J connectivity index is 2.12. The zero-order valence-electron chi connectivity index (χ0n) is 11.5. The van der Waals surface area contributed by atoms with E-state index in [1.54, 1.807) is 42.1 Å². The second-order valence-corrected chi connectivity index (χ2v) is 5.64. The number of carbonyl (C=O) groups is 3.